The molecule has 2 heteroatoms. The molecule has 3 rings (SSSR count). The van der Waals surface area contributed by atoms with Crippen molar-refractivity contribution in [1.29, 1.82) is 0 Å². The smallest absolute Gasteiger partial charge is 0.0111 e. The maximum absolute atomic E-state index is 3.97. The summed E-state index contributed by atoms with van der Waals surface area (Å²) >= 11 is 0. The predicted octanol–water partition coefficient (Wildman–Crippen LogP) is 3.32. The van der Waals surface area contributed by atoms with Crippen molar-refractivity contribution < 1.29 is 0 Å². The molecule has 2 N–H and O–H groups in total. The van der Waals surface area contributed by atoms with Crippen molar-refractivity contribution in [2.75, 3.05) is 13.1 Å². The summed E-state index contributed by atoms with van der Waals surface area (Å²) in [6.07, 6.45) is 13.0. The first-order valence-corrected chi connectivity index (χ1v) is 8.81. The van der Waals surface area contributed by atoms with Crippen molar-refractivity contribution >= 4 is 0 Å². The Hall–Kier alpha value is -0.0800. The highest BCUT2D eigenvalue weighted by atomic mass is 15.0. The molecule has 3 aliphatic rings. The van der Waals surface area contributed by atoms with E-state index in [1.54, 1.807) is 0 Å². The molecule has 0 aromatic heterocycles. The van der Waals surface area contributed by atoms with Gasteiger partial charge in [-0.25, -0.2) is 0 Å². The predicted molar refractivity (Wildman–Crippen MR) is 81.3 cm³/mol. The highest BCUT2D eigenvalue weighted by Crippen LogP contribution is 2.33. The first-order chi connectivity index (χ1) is 9.34. The molecule has 2 aliphatic carbocycles. The molecule has 0 aromatic carbocycles. The van der Waals surface area contributed by atoms with E-state index in [1.807, 2.05) is 0 Å². The standard InChI is InChI=1S/C17H32N2/c1-13-6-2-3-7-14(13)12-19-17-9-4-8-15(17)16-10-5-11-18-16/h13-19H,2-12H2,1H3. The molecular formula is C17H32N2. The SMILES string of the molecule is CC1CCCCC1CNC1CCCC1C1CCCN1. The summed E-state index contributed by atoms with van der Waals surface area (Å²) in [5.41, 5.74) is 0. The molecular weight excluding hydrogens is 232 g/mol. The van der Waals surface area contributed by atoms with E-state index in [2.05, 4.69) is 17.6 Å². The molecule has 5 atom stereocenters. The average Bonchev–Trinajstić information content (AvgIpc) is 3.08. The molecule has 2 saturated carbocycles. The van der Waals surface area contributed by atoms with E-state index < -0.39 is 0 Å². The van der Waals surface area contributed by atoms with Gasteiger partial charge in [0.25, 0.3) is 0 Å². The van der Waals surface area contributed by atoms with Gasteiger partial charge in [0.1, 0.15) is 0 Å². The van der Waals surface area contributed by atoms with E-state index in [0.29, 0.717) is 0 Å². The molecule has 0 radical (unpaired) electrons. The third-order valence-electron chi connectivity index (χ3n) is 6.12. The Morgan fingerprint density at radius 2 is 1.84 bits per heavy atom. The van der Waals surface area contributed by atoms with Crippen LogP contribution in [0.5, 0.6) is 0 Å². The third-order valence-corrected chi connectivity index (χ3v) is 6.12. The quantitative estimate of drug-likeness (QED) is 0.814. The van der Waals surface area contributed by atoms with Gasteiger partial charge in [0.15, 0.2) is 0 Å². The van der Waals surface area contributed by atoms with Crippen LogP contribution in [0.1, 0.15) is 64.7 Å². The van der Waals surface area contributed by atoms with Crippen molar-refractivity contribution in [2.24, 2.45) is 17.8 Å². The van der Waals surface area contributed by atoms with Gasteiger partial charge in [0, 0.05) is 12.1 Å². The molecule has 2 nitrogen and oxygen atoms in total. The van der Waals surface area contributed by atoms with Crippen LogP contribution in [-0.2, 0) is 0 Å². The second-order valence-corrected chi connectivity index (χ2v) is 7.33. The summed E-state index contributed by atoms with van der Waals surface area (Å²) in [5.74, 6) is 2.82. The number of rotatable bonds is 4. The second kappa shape index (κ2) is 6.58. The van der Waals surface area contributed by atoms with E-state index in [9.17, 15) is 0 Å². The van der Waals surface area contributed by atoms with E-state index in [4.69, 9.17) is 0 Å². The first kappa shape index (κ1) is 13.9. The fraction of sp³-hybridized carbons (Fsp3) is 1.00. The number of nitrogens with one attached hydrogen (secondary N) is 2. The summed E-state index contributed by atoms with van der Waals surface area (Å²) in [4.78, 5) is 0. The molecule has 0 amide bonds. The molecule has 0 aromatic rings. The molecule has 0 spiro atoms. The topological polar surface area (TPSA) is 24.1 Å². The Bertz CT molecular complexity index is 272. The molecule has 110 valence electrons. The Morgan fingerprint density at radius 3 is 2.63 bits per heavy atom. The first-order valence-electron chi connectivity index (χ1n) is 8.81. The lowest BCUT2D eigenvalue weighted by atomic mass is 9.80. The van der Waals surface area contributed by atoms with Crippen LogP contribution >= 0.6 is 0 Å². The zero-order chi connectivity index (χ0) is 13.1. The minimum atomic E-state index is 0.810. The lowest BCUT2D eigenvalue weighted by Gasteiger charge is -2.32. The van der Waals surface area contributed by atoms with Crippen LogP contribution in [0.4, 0.5) is 0 Å². The summed E-state index contributed by atoms with van der Waals surface area (Å²) in [6.45, 7) is 5.01. The average molecular weight is 264 g/mol. The van der Waals surface area contributed by atoms with Gasteiger partial charge in [-0.1, -0.05) is 32.6 Å². The lowest BCUT2D eigenvalue weighted by Crippen LogP contribution is -2.44. The van der Waals surface area contributed by atoms with Gasteiger partial charge in [-0.05, 0) is 62.9 Å². The van der Waals surface area contributed by atoms with Crippen LogP contribution in [0.2, 0.25) is 0 Å². The molecule has 0 bridgehead atoms. The van der Waals surface area contributed by atoms with Crippen molar-refractivity contribution in [3.63, 3.8) is 0 Å². The number of hydrogen-bond donors (Lipinski definition) is 2. The fourth-order valence-corrected chi connectivity index (χ4v) is 4.80. The van der Waals surface area contributed by atoms with Crippen LogP contribution in [0.15, 0.2) is 0 Å². The van der Waals surface area contributed by atoms with Gasteiger partial charge >= 0.3 is 0 Å². The summed E-state index contributed by atoms with van der Waals surface area (Å²) in [6, 6.07) is 1.63. The molecule has 1 saturated heterocycles. The van der Waals surface area contributed by atoms with Crippen LogP contribution in [0.25, 0.3) is 0 Å². The largest absolute Gasteiger partial charge is 0.314 e. The second-order valence-electron chi connectivity index (χ2n) is 7.33. The molecule has 19 heavy (non-hydrogen) atoms. The van der Waals surface area contributed by atoms with Gasteiger partial charge in [-0.2, -0.15) is 0 Å². The van der Waals surface area contributed by atoms with Gasteiger partial charge in [0.2, 0.25) is 0 Å². The number of hydrogen-bond acceptors (Lipinski definition) is 2. The Balaban J connectivity index is 1.48. The van der Waals surface area contributed by atoms with Crippen LogP contribution < -0.4 is 10.6 Å². The maximum Gasteiger partial charge on any atom is 0.0111 e. The monoisotopic (exact) mass is 264 g/mol. The summed E-state index contributed by atoms with van der Waals surface area (Å²) < 4.78 is 0. The lowest BCUT2D eigenvalue weighted by molar-refractivity contribution is 0.226. The van der Waals surface area contributed by atoms with Gasteiger partial charge in [0.05, 0.1) is 0 Å². The van der Waals surface area contributed by atoms with E-state index >= 15 is 0 Å². The Morgan fingerprint density at radius 1 is 0.947 bits per heavy atom. The molecule has 3 fully saturated rings. The van der Waals surface area contributed by atoms with Crippen LogP contribution in [0, 0.1) is 17.8 Å². The van der Waals surface area contributed by atoms with E-state index in [-0.39, 0.29) is 0 Å². The zero-order valence-electron chi connectivity index (χ0n) is 12.7. The van der Waals surface area contributed by atoms with Crippen molar-refractivity contribution in [3.8, 4) is 0 Å². The summed E-state index contributed by atoms with van der Waals surface area (Å²) in [5, 5.41) is 7.70. The van der Waals surface area contributed by atoms with Gasteiger partial charge < -0.3 is 10.6 Å². The van der Waals surface area contributed by atoms with Crippen molar-refractivity contribution in [3.05, 3.63) is 0 Å². The minimum absolute atomic E-state index is 0.810. The Labute approximate surface area is 119 Å². The van der Waals surface area contributed by atoms with Gasteiger partial charge in [-0.15, -0.1) is 0 Å². The van der Waals surface area contributed by atoms with Crippen LogP contribution in [-0.4, -0.2) is 25.2 Å². The highest BCUT2D eigenvalue weighted by Gasteiger charge is 2.35. The van der Waals surface area contributed by atoms with Crippen LogP contribution in [0.3, 0.4) is 0 Å². The fourth-order valence-electron chi connectivity index (χ4n) is 4.80. The Kier molecular flexibility index (Phi) is 4.81. The molecule has 1 aliphatic heterocycles. The van der Waals surface area contributed by atoms with Crippen molar-refractivity contribution in [1.82, 2.24) is 10.6 Å². The maximum atomic E-state index is 3.97. The molecule has 1 heterocycles. The highest BCUT2D eigenvalue weighted by molar-refractivity contribution is 4.93. The van der Waals surface area contributed by atoms with E-state index in [1.165, 1.54) is 70.9 Å². The van der Waals surface area contributed by atoms with Crippen molar-refractivity contribution in [2.45, 2.75) is 76.8 Å². The summed E-state index contributed by atoms with van der Waals surface area (Å²) in [7, 11) is 0. The zero-order valence-corrected chi connectivity index (χ0v) is 12.7. The minimum Gasteiger partial charge on any atom is -0.314 e. The molecule has 5 unspecified atom stereocenters. The van der Waals surface area contributed by atoms with Gasteiger partial charge in [-0.3, -0.25) is 0 Å². The third kappa shape index (κ3) is 3.33. The normalized spacial score (nSPS) is 43.7. The van der Waals surface area contributed by atoms with E-state index in [0.717, 1.165) is 29.8 Å².